The molecule has 0 fully saturated rings. The lowest BCUT2D eigenvalue weighted by molar-refractivity contribution is -0.124. The van der Waals surface area contributed by atoms with E-state index in [-0.39, 0.29) is 18.6 Å². The van der Waals surface area contributed by atoms with Gasteiger partial charge in [0.15, 0.2) is 6.61 Å². The Labute approximate surface area is 153 Å². The average Bonchev–Trinajstić information content (AvgIpc) is 2.64. The van der Waals surface area contributed by atoms with Crippen molar-refractivity contribution < 1.29 is 14.3 Å². The number of rotatable bonds is 6. The van der Waals surface area contributed by atoms with Crippen LogP contribution in [0.25, 0.3) is 21.5 Å². The van der Waals surface area contributed by atoms with Crippen LogP contribution in [-0.4, -0.2) is 24.5 Å². The molecule has 1 amide bonds. The second-order valence-electron chi connectivity index (χ2n) is 6.53. The van der Waals surface area contributed by atoms with Crippen LogP contribution in [0.2, 0.25) is 0 Å². The summed E-state index contributed by atoms with van der Waals surface area (Å²) in [4.78, 5) is 24.8. The summed E-state index contributed by atoms with van der Waals surface area (Å²) in [5, 5.41) is 6.45. The summed E-state index contributed by atoms with van der Waals surface area (Å²) in [5.41, 5.74) is 0.508. The second kappa shape index (κ2) is 8.00. The largest absolute Gasteiger partial charge is 0.452 e. The first-order valence-electron chi connectivity index (χ1n) is 8.97. The van der Waals surface area contributed by atoms with Gasteiger partial charge in [0, 0.05) is 6.04 Å². The van der Waals surface area contributed by atoms with Gasteiger partial charge in [0.1, 0.15) is 0 Å². The third-order valence-electron chi connectivity index (χ3n) is 4.44. The summed E-state index contributed by atoms with van der Waals surface area (Å²) in [6.07, 6.45) is 1.89. The maximum Gasteiger partial charge on any atom is 0.339 e. The van der Waals surface area contributed by atoms with Gasteiger partial charge in [0.05, 0.1) is 5.56 Å². The number of esters is 1. The second-order valence-corrected chi connectivity index (χ2v) is 6.53. The monoisotopic (exact) mass is 349 g/mol. The van der Waals surface area contributed by atoms with E-state index in [0.717, 1.165) is 34.4 Å². The van der Waals surface area contributed by atoms with Gasteiger partial charge >= 0.3 is 5.97 Å². The zero-order valence-electron chi connectivity index (χ0n) is 15.1. The van der Waals surface area contributed by atoms with E-state index in [2.05, 4.69) is 18.3 Å². The number of carbonyl (C=O) groups is 2. The number of benzene rings is 3. The van der Waals surface area contributed by atoms with Crippen molar-refractivity contribution in [2.45, 2.75) is 32.7 Å². The molecule has 3 aromatic rings. The average molecular weight is 349 g/mol. The minimum atomic E-state index is -0.476. The number of hydrogen-bond acceptors (Lipinski definition) is 3. The van der Waals surface area contributed by atoms with Crippen molar-refractivity contribution in [3.05, 3.63) is 60.2 Å². The lowest BCUT2D eigenvalue weighted by atomic mass is 9.97. The molecule has 0 aliphatic heterocycles. The third-order valence-corrected chi connectivity index (χ3v) is 4.44. The molecule has 1 N–H and O–H groups in total. The zero-order chi connectivity index (χ0) is 18.5. The molecule has 134 valence electrons. The highest BCUT2D eigenvalue weighted by Crippen LogP contribution is 2.29. The highest BCUT2D eigenvalue weighted by atomic mass is 16.5. The number of amides is 1. The Balaban J connectivity index is 1.86. The van der Waals surface area contributed by atoms with E-state index in [1.54, 1.807) is 0 Å². The minimum absolute atomic E-state index is 0.0737. The maximum absolute atomic E-state index is 12.8. The van der Waals surface area contributed by atoms with Crippen LogP contribution in [0.1, 0.15) is 37.0 Å². The molecule has 3 rings (SSSR count). The number of ether oxygens (including phenoxy) is 1. The molecule has 0 saturated heterocycles. The van der Waals surface area contributed by atoms with Crippen molar-refractivity contribution in [2.75, 3.05) is 6.61 Å². The summed E-state index contributed by atoms with van der Waals surface area (Å²) in [6, 6.07) is 17.5. The predicted molar refractivity (Wildman–Crippen MR) is 104 cm³/mol. The molecule has 0 bridgehead atoms. The van der Waals surface area contributed by atoms with Gasteiger partial charge in [-0.2, -0.15) is 0 Å². The molecule has 0 aromatic heterocycles. The molecule has 0 unspecified atom stereocenters. The summed E-state index contributed by atoms with van der Waals surface area (Å²) < 4.78 is 5.33. The number of nitrogens with one attached hydrogen (secondary N) is 1. The van der Waals surface area contributed by atoms with Crippen LogP contribution in [0.15, 0.2) is 54.6 Å². The van der Waals surface area contributed by atoms with Gasteiger partial charge in [-0.15, -0.1) is 0 Å². The number of hydrogen-bond donors (Lipinski definition) is 1. The summed E-state index contributed by atoms with van der Waals surface area (Å²) in [7, 11) is 0. The van der Waals surface area contributed by atoms with Crippen LogP contribution < -0.4 is 5.32 Å². The molecule has 3 aromatic carbocycles. The van der Waals surface area contributed by atoms with Gasteiger partial charge in [-0.25, -0.2) is 4.79 Å². The first-order chi connectivity index (χ1) is 12.6. The molecule has 4 heteroatoms. The third kappa shape index (κ3) is 3.85. The van der Waals surface area contributed by atoms with Crippen LogP contribution >= 0.6 is 0 Å². The molecule has 0 saturated carbocycles. The van der Waals surface area contributed by atoms with Gasteiger partial charge < -0.3 is 10.1 Å². The van der Waals surface area contributed by atoms with E-state index in [9.17, 15) is 9.59 Å². The highest BCUT2D eigenvalue weighted by molar-refractivity contribution is 6.16. The van der Waals surface area contributed by atoms with Gasteiger partial charge in [0.2, 0.25) is 0 Å². The van der Waals surface area contributed by atoms with Crippen molar-refractivity contribution in [2.24, 2.45) is 0 Å². The Kier molecular flexibility index (Phi) is 5.52. The molecule has 0 aliphatic rings. The van der Waals surface area contributed by atoms with Gasteiger partial charge in [-0.1, -0.05) is 61.9 Å². The normalized spacial score (nSPS) is 12.1. The number of carbonyl (C=O) groups excluding carboxylic acids is 2. The Bertz CT molecular complexity index is 894. The van der Waals surface area contributed by atoms with Crippen molar-refractivity contribution in [3.63, 3.8) is 0 Å². The predicted octanol–water partition coefficient (Wildman–Crippen LogP) is 4.45. The summed E-state index contributed by atoms with van der Waals surface area (Å²) in [6.45, 7) is 3.74. The van der Waals surface area contributed by atoms with Crippen LogP contribution in [0.4, 0.5) is 0 Å². The molecule has 0 heterocycles. The van der Waals surface area contributed by atoms with Crippen LogP contribution in [-0.2, 0) is 9.53 Å². The first kappa shape index (κ1) is 17.9. The van der Waals surface area contributed by atoms with E-state index in [4.69, 9.17) is 4.74 Å². The van der Waals surface area contributed by atoms with Crippen molar-refractivity contribution in [1.82, 2.24) is 5.32 Å². The van der Waals surface area contributed by atoms with Crippen molar-refractivity contribution >= 4 is 33.4 Å². The molecule has 1 atom stereocenters. The van der Waals surface area contributed by atoms with Crippen molar-refractivity contribution in [1.29, 1.82) is 0 Å². The molecular weight excluding hydrogens is 326 g/mol. The zero-order valence-corrected chi connectivity index (χ0v) is 15.1. The topological polar surface area (TPSA) is 55.4 Å². The lowest BCUT2D eigenvalue weighted by Gasteiger charge is -2.14. The summed E-state index contributed by atoms with van der Waals surface area (Å²) in [5.74, 6) is -0.750. The molecule has 4 nitrogen and oxygen atoms in total. The van der Waals surface area contributed by atoms with E-state index in [0.29, 0.717) is 5.56 Å². The fourth-order valence-corrected chi connectivity index (χ4v) is 3.26. The highest BCUT2D eigenvalue weighted by Gasteiger charge is 2.17. The van der Waals surface area contributed by atoms with Gasteiger partial charge in [0.25, 0.3) is 5.91 Å². The number of fused-ring (bicyclic) bond motifs is 2. The first-order valence-corrected chi connectivity index (χ1v) is 8.97. The molecule has 0 radical (unpaired) electrons. The summed E-state index contributed by atoms with van der Waals surface area (Å²) >= 11 is 0. The Morgan fingerprint density at radius 1 is 1.00 bits per heavy atom. The molecule has 0 aliphatic carbocycles. The SMILES string of the molecule is CCC[C@H](C)NC(=O)COC(=O)c1c2ccccc2cc2ccccc12. The van der Waals surface area contributed by atoms with E-state index in [1.165, 1.54) is 0 Å². The fourth-order valence-electron chi connectivity index (χ4n) is 3.26. The van der Waals surface area contributed by atoms with Crippen LogP contribution in [0.3, 0.4) is 0 Å². The van der Waals surface area contributed by atoms with Gasteiger partial charge in [-0.05, 0) is 41.0 Å². The Morgan fingerprint density at radius 3 is 2.15 bits per heavy atom. The standard InChI is InChI=1S/C22H23NO3/c1-3-8-15(2)23-20(24)14-26-22(25)21-18-11-6-4-9-16(18)13-17-10-5-7-12-19(17)21/h4-7,9-13,15H,3,8,14H2,1-2H3,(H,23,24)/t15-/m0/s1. The molecule has 26 heavy (non-hydrogen) atoms. The van der Waals surface area contributed by atoms with E-state index >= 15 is 0 Å². The van der Waals surface area contributed by atoms with E-state index in [1.807, 2.05) is 55.5 Å². The Hall–Kier alpha value is -2.88. The quantitative estimate of drug-likeness (QED) is 0.528. The molecule has 0 spiro atoms. The van der Waals surface area contributed by atoms with E-state index < -0.39 is 5.97 Å². The van der Waals surface area contributed by atoms with Crippen LogP contribution in [0.5, 0.6) is 0 Å². The lowest BCUT2D eigenvalue weighted by Crippen LogP contribution is -2.35. The Morgan fingerprint density at radius 2 is 1.58 bits per heavy atom. The maximum atomic E-state index is 12.8. The smallest absolute Gasteiger partial charge is 0.339 e. The van der Waals surface area contributed by atoms with Crippen LogP contribution in [0, 0.1) is 0 Å². The van der Waals surface area contributed by atoms with Gasteiger partial charge in [-0.3, -0.25) is 4.79 Å². The molecular formula is C22H23NO3. The fraction of sp³-hybridized carbons (Fsp3) is 0.273. The minimum Gasteiger partial charge on any atom is -0.452 e. The van der Waals surface area contributed by atoms with Crippen molar-refractivity contribution in [3.8, 4) is 0 Å².